The zero-order chi connectivity index (χ0) is 17.1. The first-order valence-corrected chi connectivity index (χ1v) is 7.40. The molecule has 1 heterocycles. The van der Waals surface area contributed by atoms with Gasteiger partial charge in [0.05, 0.1) is 0 Å². The van der Waals surface area contributed by atoms with Crippen LogP contribution in [0.1, 0.15) is 29.1 Å². The number of hydrogen-bond acceptors (Lipinski definition) is 5. The van der Waals surface area contributed by atoms with Gasteiger partial charge in [-0.3, -0.25) is 9.59 Å². The lowest BCUT2D eigenvalue weighted by Crippen LogP contribution is -2.37. The number of aliphatic carboxylic acids is 1. The van der Waals surface area contributed by atoms with Crippen LogP contribution in [0.3, 0.4) is 0 Å². The number of nitrogens with zero attached hydrogens (tertiary/aromatic N) is 2. The number of aromatic nitrogens is 1. The molecule has 0 bridgehead atoms. The van der Waals surface area contributed by atoms with Gasteiger partial charge in [0, 0.05) is 12.1 Å². The predicted octanol–water partition coefficient (Wildman–Crippen LogP) is 2.08. The lowest BCUT2D eigenvalue weighted by Gasteiger charge is -2.18. The molecule has 1 fully saturated rings. The summed E-state index contributed by atoms with van der Waals surface area (Å²) < 4.78 is 23.7. The van der Waals surface area contributed by atoms with Gasteiger partial charge in [-0.15, -0.1) is 0 Å². The normalized spacial score (nSPS) is 13.5. The van der Waals surface area contributed by atoms with E-state index in [0.29, 0.717) is 0 Å². The van der Waals surface area contributed by atoms with Crippen LogP contribution in [0, 0.1) is 5.82 Å². The van der Waals surface area contributed by atoms with Crippen molar-refractivity contribution in [1.82, 2.24) is 10.1 Å². The number of hydrogen-bond donors (Lipinski definition) is 1. The van der Waals surface area contributed by atoms with Gasteiger partial charge >= 0.3 is 5.97 Å². The van der Waals surface area contributed by atoms with Crippen molar-refractivity contribution >= 4 is 11.9 Å². The summed E-state index contributed by atoms with van der Waals surface area (Å²) >= 11 is 0. The van der Waals surface area contributed by atoms with E-state index in [1.54, 1.807) is 12.1 Å². The molecule has 0 radical (unpaired) electrons. The maximum Gasteiger partial charge on any atom is 0.323 e. The van der Waals surface area contributed by atoms with Gasteiger partial charge in [0.2, 0.25) is 0 Å². The number of carboxylic acid groups (broad SMARTS) is 1. The van der Waals surface area contributed by atoms with Crippen LogP contribution in [-0.2, 0) is 11.4 Å². The minimum absolute atomic E-state index is 0.00952. The molecule has 1 aliphatic carbocycles. The van der Waals surface area contributed by atoms with E-state index in [2.05, 4.69) is 5.16 Å². The molecule has 1 saturated carbocycles. The van der Waals surface area contributed by atoms with Crippen molar-refractivity contribution in [2.45, 2.75) is 25.5 Å². The lowest BCUT2D eigenvalue weighted by molar-refractivity contribution is -0.137. The summed E-state index contributed by atoms with van der Waals surface area (Å²) in [5.74, 6) is -1.78. The molecule has 8 heteroatoms. The predicted molar refractivity (Wildman–Crippen MR) is 78.9 cm³/mol. The fraction of sp³-hybridized carbons (Fsp3) is 0.312. The van der Waals surface area contributed by atoms with Crippen LogP contribution < -0.4 is 4.74 Å². The van der Waals surface area contributed by atoms with Crippen molar-refractivity contribution in [3.63, 3.8) is 0 Å². The molecule has 0 saturated heterocycles. The zero-order valence-electron chi connectivity index (χ0n) is 12.6. The summed E-state index contributed by atoms with van der Waals surface area (Å²) in [6.45, 7) is -0.471. The van der Waals surface area contributed by atoms with Crippen molar-refractivity contribution in [3.05, 3.63) is 47.6 Å². The highest BCUT2D eigenvalue weighted by atomic mass is 19.1. The van der Waals surface area contributed by atoms with Crippen LogP contribution in [0.2, 0.25) is 0 Å². The number of carbonyl (C=O) groups excluding carboxylic acids is 1. The molecule has 1 aromatic heterocycles. The second kappa shape index (κ2) is 6.69. The molecule has 1 aromatic carbocycles. The highest BCUT2D eigenvalue weighted by Gasteiger charge is 2.35. The second-order valence-corrected chi connectivity index (χ2v) is 5.46. The smallest absolute Gasteiger partial charge is 0.323 e. The molecule has 0 spiro atoms. The summed E-state index contributed by atoms with van der Waals surface area (Å²) in [6, 6.07) is 7.22. The number of carboxylic acids is 1. The first kappa shape index (κ1) is 16.0. The lowest BCUT2D eigenvalue weighted by atomic mass is 10.3. The van der Waals surface area contributed by atoms with Gasteiger partial charge in [0.1, 0.15) is 13.2 Å². The molecular weight excluding hydrogens is 319 g/mol. The molecule has 1 amide bonds. The Morgan fingerprint density at radius 2 is 2.12 bits per heavy atom. The largest absolute Gasteiger partial charge is 0.482 e. The Kier molecular flexibility index (Phi) is 4.45. The third kappa shape index (κ3) is 3.70. The fourth-order valence-electron chi connectivity index (χ4n) is 2.24. The molecule has 0 atom stereocenters. The van der Waals surface area contributed by atoms with Crippen LogP contribution in [-0.4, -0.2) is 39.6 Å². The average molecular weight is 334 g/mol. The molecule has 2 aromatic rings. The first-order valence-electron chi connectivity index (χ1n) is 7.40. The van der Waals surface area contributed by atoms with E-state index >= 15 is 0 Å². The number of ether oxygens (including phenoxy) is 1. The molecular formula is C16H15FN2O5. The van der Waals surface area contributed by atoms with Crippen LogP contribution >= 0.6 is 0 Å². The van der Waals surface area contributed by atoms with Crippen molar-refractivity contribution in [1.29, 1.82) is 0 Å². The third-order valence-electron chi connectivity index (χ3n) is 3.54. The topological polar surface area (TPSA) is 92.9 Å². The monoisotopic (exact) mass is 334 g/mol. The molecule has 0 unspecified atom stereocenters. The minimum Gasteiger partial charge on any atom is -0.482 e. The quantitative estimate of drug-likeness (QED) is 0.833. The number of benzene rings is 1. The summed E-state index contributed by atoms with van der Waals surface area (Å²) in [5.41, 5.74) is 0.00952. The SMILES string of the molecule is O=C(O)CN(C(=O)c1cc(COc2ccccc2F)on1)C1CC1. The Bertz CT molecular complexity index is 756. The van der Waals surface area contributed by atoms with Crippen molar-refractivity contribution in [2.75, 3.05) is 6.54 Å². The van der Waals surface area contributed by atoms with Crippen molar-refractivity contribution < 1.29 is 28.3 Å². The Balaban J connectivity index is 1.65. The Labute approximate surface area is 136 Å². The Morgan fingerprint density at radius 3 is 2.79 bits per heavy atom. The van der Waals surface area contributed by atoms with E-state index in [0.717, 1.165) is 12.8 Å². The van der Waals surface area contributed by atoms with Crippen LogP contribution in [0.4, 0.5) is 4.39 Å². The minimum atomic E-state index is -1.08. The van der Waals surface area contributed by atoms with E-state index in [-0.39, 0.29) is 36.4 Å². The summed E-state index contributed by atoms with van der Waals surface area (Å²) in [6.07, 6.45) is 1.56. The van der Waals surface area contributed by atoms with Gasteiger partial charge in [-0.25, -0.2) is 4.39 Å². The maximum atomic E-state index is 13.5. The van der Waals surface area contributed by atoms with Gasteiger partial charge in [0.25, 0.3) is 5.91 Å². The standard InChI is InChI=1S/C16H15FN2O5/c17-12-3-1-2-4-14(12)23-9-11-7-13(18-24-11)16(22)19(8-15(20)21)10-5-6-10/h1-4,7,10H,5-6,8-9H2,(H,20,21). The van der Waals surface area contributed by atoms with Crippen LogP contribution in [0.15, 0.2) is 34.9 Å². The molecule has 7 nitrogen and oxygen atoms in total. The Morgan fingerprint density at radius 1 is 1.38 bits per heavy atom. The number of halogens is 1. The maximum absolute atomic E-state index is 13.5. The van der Waals surface area contributed by atoms with E-state index < -0.39 is 17.7 Å². The van der Waals surface area contributed by atoms with Crippen molar-refractivity contribution in [2.24, 2.45) is 0 Å². The van der Waals surface area contributed by atoms with E-state index in [9.17, 15) is 14.0 Å². The molecule has 126 valence electrons. The molecule has 3 rings (SSSR count). The van der Waals surface area contributed by atoms with Gasteiger partial charge in [-0.1, -0.05) is 17.3 Å². The van der Waals surface area contributed by atoms with Crippen LogP contribution in [0.5, 0.6) is 5.75 Å². The third-order valence-corrected chi connectivity index (χ3v) is 3.54. The highest BCUT2D eigenvalue weighted by molar-refractivity contribution is 5.94. The summed E-state index contributed by atoms with van der Waals surface area (Å²) in [4.78, 5) is 24.5. The van der Waals surface area contributed by atoms with E-state index in [1.165, 1.54) is 23.1 Å². The van der Waals surface area contributed by atoms with Gasteiger partial charge in [0.15, 0.2) is 23.0 Å². The molecule has 1 N–H and O–H groups in total. The van der Waals surface area contributed by atoms with E-state index in [1.807, 2.05) is 0 Å². The van der Waals surface area contributed by atoms with E-state index in [4.69, 9.17) is 14.4 Å². The number of para-hydroxylation sites is 1. The van der Waals surface area contributed by atoms with Crippen LogP contribution in [0.25, 0.3) is 0 Å². The number of amides is 1. The van der Waals surface area contributed by atoms with Crippen molar-refractivity contribution in [3.8, 4) is 5.75 Å². The first-order chi connectivity index (χ1) is 11.5. The van der Waals surface area contributed by atoms with Gasteiger partial charge < -0.3 is 19.3 Å². The second-order valence-electron chi connectivity index (χ2n) is 5.46. The molecule has 1 aliphatic rings. The fourth-order valence-corrected chi connectivity index (χ4v) is 2.24. The highest BCUT2D eigenvalue weighted by Crippen LogP contribution is 2.28. The molecule has 24 heavy (non-hydrogen) atoms. The van der Waals surface area contributed by atoms with Gasteiger partial charge in [-0.2, -0.15) is 0 Å². The average Bonchev–Trinajstić information content (AvgIpc) is 3.29. The summed E-state index contributed by atoms with van der Waals surface area (Å²) in [5, 5.41) is 12.6. The molecule has 0 aliphatic heterocycles. The summed E-state index contributed by atoms with van der Waals surface area (Å²) in [7, 11) is 0. The Hall–Kier alpha value is -2.90. The number of rotatable bonds is 7. The zero-order valence-corrected chi connectivity index (χ0v) is 12.6. The van der Waals surface area contributed by atoms with Gasteiger partial charge in [-0.05, 0) is 25.0 Å². The number of carbonyl (C=O) groups is 2.